The van der Waals surface area contributed by atoms with Crippen molar-refractivity contribution < 1.29 is 24.2 Å². The first kappa shape index (κ1) is 22.6. The number of nitrogens with zero attached hydrogens (tertiary/aromatic N) is 2. The van der Waals surface area contributed by atoms with Crippen molar-refractivity contribution in [3.05, 3.63) is 89.0 Å². The molecule has 1 aliphatic heterocycles. The quantitative estimate of drug-likeness (QED) is 0.236. The Bertz CT molecular complexity index is 1460. The minimum atomic E-state index is -0.970. The molecule has 1 saturated heterocycles. The molecule has 1 amide bonds. The second kappa shape index (κ2) is 8.88. The van der Waals surface area contributed by atoms with Crippen molar-refractivity contribution >= 4 is 44.1 Å². The molecule has 0 saturated carbocycles. The summed E-state index contributed by atoms with van der Waals surface area (Å²) in [7, 11) is 3.04. The number of amides is 1. The smallest absolute Gasteiger partial charge is 0.301 e. The topological polar surface area (TPSA) is 89.0 Å². The lowest BCUT2D eigenvalue weighted by Gasteiger charge is -2.25. The Morgan fingerprint density at radius 3 is 2.43 bits per heavy atom. The van der Waals surface area contributed by atoms with Gasteiger partial charge in [0.15, 0.2) is 5.13 Å². The van der Waals surface area contributed by atoms with Crippen LogP contribution in [0.1, 0.15) is 22.7 Å². The molecule has 1 N–H and O–H groups in total. The summed E-state index contributed by atoms with van der Waals surface area (Å²) in [6, 6.07) is 18.8. The molecule has 1 atom stereocenters. The normalized spacial score (nSPS) is 17.2. The third-order valence-corrected chi connectivity index (χ3v) is 7.03. The first-order valence-electron chi connectivity index (χ1n) is 10.9. The Labute approximate surface area is 205 Å². The zero-order valence-corrected chi connectivity index (χ0v) is 20.1. The van der Waals surface area contributed by atoms with Crippen LogP contribution in [0.15, 0.2) is 72.3 Å². The van der Waals surface area contributed by atoms with Gasteiger partial charge in [-0.15, -0.1) is 0 Å². The number of benzene rings is 3. The number of fused-ring (bicyclic) bond motifs is 1. The third-order valence-electron chi connectivity index (χ3n) is 5.99. The van der Waals surface area contributed by atoms with E-state index in [-0.39, 0.29) is 11.3 Å². The van der Waals surface area contributed by atoms with Crippen LogP contribution in [0.2, 0.25) is 0 Å². The fraction of sp³-hybridized carbons (Fsp3) is 0.148. The monoisotopic (exact) mass is 486 g/mol. The lowest BCUT2D eigenvalue weighted by atomic mass is 9.94. The van der Waals surface area contributed by atoms with Gasteiger partial charge in [0.1, 0.15) is 23.3 Å². The van der Waals surface area contributed by atoms with E-state index in [1.807, 2.05) is 43.3 Å². The Hall–Kier alpha value is -4.17. The van der Waals surface area contributed by atoms with Gasteiger partial charge in [-0.3, -0.25) is 14.5 Å². The number of carbonyl (C=O) groups excluding carboxylic acids is 2. The third kappa shape index (κ3) is 3.81. The van der Waals surface area contributed by atoms with Crippen molar-refractivity contribution in [2.75, 3.05) is 19.1 Å². The van der Waals surface area contributed by atoms with Crippen LogP contribution >= 0.6 is 11.3 Å². The maximum atomic E-state index is 13.4. The molecular weight excluding hydrogens is 464 g/mol. The molecule has 7 nitrogen and oxygen atoms in total. The fourth-order valence-electron chi connectivity index (χ4n) is 4.21. The number of aliphatic hydroxyl groups excluding tert-OH is 1. The molecule has 5 rings (SSSR count). The number of methoxy groups -OCH3 is 2. The molecule has 3 aromatic carbocycles. The van der Waals surface area contributed by atoms with Crippen LogP contribution in [-0.4, -0.2) is 36.0 Å². The predicted octanol–water partition coefficient (Wildman–Crippen LogP) is 5.25. The maximum Gasteiger partial charge on any atom is 0.301 e. The summed E-state index contributed by atoms with van der Waals surface area (Å²) in [5.41, 5.74) is 2.61. The van der Waals surface area contributed by atoms with E-state index in [4.69, 9.17) is 9.47 Å². The van der Waals surface area contributed by atoms with Gasteiger partial charge in [0.2, 0.25) is 0 Å². The summed E-state index contributed by atoms with van der Waals surface area (Å²) in [6.45, 7) is 1.93. The summed E-state index contributed by atoms with van der Waals surface area (Å²) in [4.78, 5) is 32.8. The van der Waals surface area contributed by atoms with E-state index >= 15 is 0 Å². The van der Waals surface area contributed by atoms with E-state index in [0.717, 1.165) is 10.3 Å². The van der Waals surface area contributed by atoms with E-state index in [9.17, 15) is 14.7 Å². The molecule has 0 radical (unpaired) electrons. The zero-order chi connectivity index (χ0) is 24.7. The van der Waals surface area contributed by atoms with Crippen LogP contribution < -0.4 is 14.4 Å². The molecule has 0 spiro atoms. The van der Waals surface area contributed by atoms with Gasteiger partial charge in [0.05, 0.1) is 30.0 Å². The molecule has 1 aliphatic rings. The fourth-order valence-corrected chi connectivity index (χ4v) is 5.20. The van der Waals surface area contributed by atoms with Gasteiger partial charge in [-0.1, -0.05) is 53.3 Å². The molecule has 0 bridgehead atoms. The highest BCUT2D eigenvalue weighted by Gasteiger charge is 2.49. The number of hydrogen-bond donors (Lipinski definition) is 1. The molecule has 0 aliphatic carbocycles. The number of anilines is 1. The van der Waals surface area contributed by atoms with Gasteiger partial charge in [-0.25, -0.2) is 4.98 Å². The summed E-state index contributed by atoms with van der Waals surface area (Å²) in [5, 5.41) is 11.7. The number of carbonyl (C=O) groups is 2. The van der Waals surface area contributed by atoms with Gasteiger partial charge in [0.25, 0.3) is 5.78 Å². The number of hydrogen-bond acceptors (Lipinski definition) is 7. The Morgan fingerprint density at radius 2 is 1.74 bits per heavy atom. The Kier molecular flexibility index (Phi) is 5.74. The van der Waals surface area contributed by atoms with Gasteiger partial charge < -0.3 is 14.6 Å². The highest BCUT2D eigenvalue weighted by molar-refractivity contribution is 7.22. The van der Waals surface area contributed by atoms with Gasteiger partial charge in [-0.2, -0.15) is 0 Å². The van der Waals surface area contributed by atoms with Crippen LogP contribution in [0.25, 0.3) is 16.0 Å². The van der Waals surface area contributed by atoms with Crippen molar-refractivity contribution in [2.24, 2.45) is 0 Å². The van der Waals surface area contributed by atoms with Gasteiger partial charge in [-0.05, 0) is 37.3 Å². The Morgan fingerprint density at radius 1 is 1.00 bits per heavy atom. The number of aromatic nitrogens is 1. The summed E-state index contributed by atoms with van der Waals surface area (Å²) < 4.78 is 11.9. The van der Waals surface area contributed by atoms with Gasteiger partial charge in [0, 0.05) is 11.1 Å². The number of ketones is 1. The van der Waals surface area contributed by atoms with Crippen molar-refractivity contribution in [1.29, 1.82) is 0 Å². The molecule has 1 fully saturated rings. The molecule has 176 valence electrons. The van der Waals surface area contributed by atoms with E-state index in [2.05, 4.69) is 4.98 Å². The number of rotatable bonds is 5. The first-order valence-corrected chi connectivity index (χ1v) is 11.7. The van der Waals surface area contributed by atoms with Crippen LogP contribution in [0, 0.1) is 6.92 Å². The lowest BCUT2D eigenvalue weighted by molar-refractivity contribution is -0.132. The van der Waals surface area contributed by atoms with Crippen LogP contribution in [0.3, 0.4) is 0 Å². The van der Waals surface area contributed by atoms with Crippen molar-refractivity contribution in [3.8, 4) is 11.5 Å². The number of thiazole rings is 1. The Balaban J connectivity index is 1.78. The molecule has 1 aromatic heterocycles. The first-order chi connectivity index (χ1) is 16.9. The van der Waals surface area contributed by atoms with E-state index < -0.39 is 17.7 Å². The highest BCUT2D eigenvalue weighted by Crippen LogP contribution is 2.47. The van der Waals surface area contributed by atoms with Crippen molar-refractivity contribution in [3.63, 3.8) is 0 Å². The molecule has 2 heterocycles. The summed E-state index contributed by atoms with van der Waals surface area (Å²) in [6.07, 6.45) is 0. The van der Waals surface area contributed by atoms with Crippen LogP contribution in [-0.2, 0) is 9.59 Å². The maximum absolute atomic E-state index is 13.4. The standard InChI is InChI=1S/C27H22N2O5S/c1-15-8-10-16(11-9-15)24(30)22-23(18-14-17(33-2)12-13-20(18)34-3)29(26(32)25(22)31)27-28-19-6-4-5-7-21(19)35-27/h4-14,23,30H,1-3H3/t23-/m1/s1. The number of aryl methyl sites for hydroxylation is 1. The van der Waals surface area contributed by atoms with Crippen molar-refractivity contribution in [1.82, 2.24) is 4.98 Å². The second-order valence-corrected chi connectivity index (χ2v) is 9.12. The SMILES string of the molecule is COc1ccc(OC)c([C@@H]2C(=C(O)c3ccc(C)cc3)C(=O)C(=O)N2c2nc3ccccc3s2)c1. The highest BCUT2D eigenvalue weighted by atomic mass is 32.1. The molecule has 8 heteroatoms. The van der Waals surface area contributed by atoms with Crippen LogP contribution in [0.4, 0.5) is 5.13 Å². The van der Waals surface area contributed by atoms with Crippen molar-refractivity contribution in [2.45, 2.75) is 13.0 Å². The summed E-state index contributed by atoms with van der Waals surface area (Å²) in [5.74, 6) is -0.865. The molecule has 4 aromatic rings. The number of aliphatic hydroxyl groups is 1. The molecule has 0 unspecified atom stereocenters. The second-order valence-electron chi connectivity index (χ2n) is 8.11. The molecule has 35 heavy (non-hydrogen) atoms. The number of para-hydroxylation sites is 1. The average molecular weight is 487 g/mol. The van der Waals surface area contributed by atoms with E-state index in [1.165, 1.54) is 30.5 Å². The van der Waals surface area contributed by atoms with Crippen LogP contribution in [0.5, 0.6) is 11.5 Å². The molecular formula is C27H22N2O5S. The van der Waals surface area contributed by atoms with Gasteiger partial charge >= 0.3 is 5.91 Å². The zero-order valence-electron chi connectivity index (χ0n) is 19.3. The predicted molar refractivity (Wildman–Crippen MR) is 135 cm³/mol. The van der Waals surface area contributed by atoms with E-state index in [1.54, 1.807) is 30.3 Å². The minimum Gasteiger partial charge on any atom is -0.507 e. The average Bonchev–Trinajstić information content (AvgIpc) is 3.42. The summed E-state index contributed by atoms with van der Waals surface area (Å²) >= 11 is 1.30. The lowest BCUT2D eigenvalue weighted by Crippen LogP contribution is -2.29. The minimum absolute atomic E-state index is 0.0373. The number of ether oxygens (including phenoxy) is 2. The number of Topliss-reactive ketones (excluding diaryl/α,β-unsaturated/α-hetero) is 1. The largest absolute Gasteiger partial charge is 0.507 e. The van der Waals surface area contributed by atoms with E-state index in [0.29, 0.717) is 33.3 Å².